The van der Waals surface area contributed by atoms with E-state index in [0.29, 0.717) is 53.6 Å². The van der Waals surface area contributed by atoms with Crippen LogP contribution in [-0.2, 0) is 31.6 Å². The van der Waals surface area contributed by atoms with Gasteiger partial charge in [-0.05, 0) is 73.5 Å². The van der Waals surface area contributed by atoms with Crippen molar-refractivity contribution in [2.45, 2.75) is 43.0 Å². The number of rotatable bonds is 10. The molecule has 2 amide bonds. The number of nitrogens with one attached hydrogen (secondary N) is 1. The van der Waals surface area contributed by atoms with E-state index in [-0.39, 0.29) is 10.6 Å². The van der Waals surface area contributed by atoms with Crippen LogP contribution in [0.4, 0.5) is 10.5 Å². The third-order valence-electron chi connectivity index (χ3n) is 8.12. The van der Waals surface area contributed by atoms with Gasteiger partial charge >= 0.3 is 6.09 Å². The van der Waals surface area contributed by atoms with Crippen molar-refractivity contribution in [2.75, 3.05) is 45.7 Å². The third-order valence-corrected chi connectivity index (χ3v) is 10.1. The molecule has 1 saturated heterocycles. The van der Waals surface area contributed by atoms with Crippen LogP contribution < -0.4 is 19.1 Å². The van der Waals surface area contributed by atoms with Crippen molar-refractivity contribution in [1.82, 2.24) is 15.1 Å². The van der Waals surface area contributed by atoms with E-state index in [4.69, 9.17) is 25.8 Å². The molecule has 2 aliphatic rings. The molecule has 1 N–H and O–H groups in total. The summed E-state index contributed by atoms with van der Waals surface area (Å²) in [5.74, 6) is 0.0762. The number of ether oxygens (including phenoxy) is 3. The Labute approximate surface area is 268 Å². The minimum Gasteiger partial charge on any atom is -0.497 e. The lowest BCUT2D eigenvalue weighted by Crippen LogP contribution is -2.57. The van der Waals surface area contributed by atoms with Crippen molar-refractivity contribution in [3.63, 3.8) is 0 Å². The third kappa shape index (κ3) is 5.60. The number of nitrogens with zero attached hydrogens (tertiary/aromatic N) is 3. The fourth-order valence-corrected chi connectivity index (χ4v) is 7.64. The maximum absolute atomic E-state index is 15.2. The highest BCUT2D eigenvalue weighted by molar-refractivity contribution is 7.93. The normalized spacial score (nSPS) is 19.8. The highest BCUT2D eigenvalue weighted by Crippen LogP contribution is 2.55. The largest absolute Gasteiger partial charge is 0.497 e. The van der Waals surface area contributed by atoms with Crippen molar-refractivity contribution in [3.8, 4) is 11.5 Å². The van der Waals surface area contributed by atoms with Crippen molar-refractivity contribution >= 4 is 39.3 Å². The first-order valence-electron chi connectivity index (χ1n) is 14.6. The zero-order chi connectivity index (χ0) is 32.5. The first-order valence-corrected chi connectivity index (χ1v) is 16.4. The molecule has 3 aromatic carbocycles. The van der Waals surface area contributed by atoms with Gasteiger partial charge in [0.2, 0.25) is 0 Å². The zero-order valence-electron chi connectivity index (χ0n) is 25.9. The lowest BCUT2D eigenvalue weighted by molar-refractivity contribution is -0.132. The molecule has 2 aliphatic heterocycles. The van der Waals surface area contributed by atoms with Crippen molar-refractivity contribution in [1.29, 1.82) is 0 Å². The van der Waals surface area contributed by atoms with Gasteiger partial charge in [0.15, 0.2) is 11.8 Å². The number of anilines is 1. The van der Waals surface area contributed by atoms with E-state index in [9.17, 15) is 13.2 Å². The summed E-state index contributed by atoms with van der Waals surface area (Å²) < 4.78 is 46.6. The molecule has 13 heteroatoms. The molecule has 3 aromatic rings. The van der Waals surface area contributed by atoms with E-state index in [1.807, 2.05) is 19.1 Å². The Kier molecular flexibility index (Phi) is 9.31. The summed E-state index contributed by atoms with van der Waals surface area (Å²) in [5.41, 5.74) is 0.00422. The van der Waals surface area contributed by atoms with Crippen molar-refractivity contribution in [2.24, 2.45) is 0 Å². The van der Waals surface area contributed by atoms with Gasteiger partial charge in [0.05, 0.1) is 24.8 Å². The van der Waals surface area contributed by atoms with Crippen molar-refractivity contribution in [3.05, 3.63) is 82.4 Å². The lowest BCUT2D eigenvalue weighted by Gasteiger charge is -2.41. The summed E-state index contributed by atoms with van der Waals surface area (Å²) >= 11 is 6.58. The smallest absolute Gasteiger partial charge is 0.410 e. The lowest BCUT2D eigenvalue weighted by atomic mass is 9.81. The van der Waals surface area contributed by atoms with Crippen LogP contribution in [0.1, 0.15) is 36.5 Å². The number of likely N-dealkylation sites (tertiary alicyclic amines) is 1. The molecule has 0 saturated carbocycles. The Morgan fingerprint density at radius 3 is 2.42 bits per heavy atom. The molecule has 1 unspecified atom stereocenters. The molecule has 11 nitrogen and oxygen atoms in total. The van der Waals surface area contributed by atoms with E-state index >= 15 is 4.79 Å². The maximum Gasteiger partial charge on any atom is 0.410 e. The molecular formula is C32H37ClN4O7S. The number of fused-ring (bicyclic) bond motifs is 1. The minimum absolute atomic E-state index is 0.0988. The van der Waals surface area contributed by atoms with Crippen LogP contribution in [-0.4, -0.2) is 77.9 Å². The number of hydrogen-bond acceptors (Lipinski definition) is 9. The summed E-state index contributed by atoms with van der Waals surface area (Å²) in [6.07, 6.45) is -0.432. The summed E-state index contributed by atoms with van der Waals surface area (Å²) in [6, 6.07) is 16.0. The molecule has 240 valence electrons. The van der Waals surface area contributed by atoms with E-state index in [0.717, 1.165) is 16.4 Å². The van der Waals surface area contributed by atoms with Crippen LogP contribution in [0.25, 0.3) is 0 Å². The van der Waals surface area contributed by atoms with Crippen LogP contribution in [0, 0.1) is 0 Å². The number of benzene rings is 3. The van der Waals surface area contributed by atoms with E-state index in [2.05, 4.69) is 5.32 Å². The number of methoxy groups -OCH3 is 2. The van der Waals surface area contributed by atoms with E-state index < -0.39 is 33.8 Å². The van der Waals surface area contributed by atoms with Gasteiger partial charge in [-0.2, -0.15) is 0 Å². The van der Waals surface area contributed by atoms with E-state index in [1.165, 1.54) is 49.5 Å². The first-order chi connectivity index (χ1) is 21.5. The Balaban J connectivity index is 1.79. The number of sulfonamides is 1. The second-order valence-corrected chi connectivity index (χ2v) is 13.2. The summed E-state index contributed by atoms with van der Waals surface area (Å²) in [4.78, 5) is 31.0. The fraction of sp³-hybridized carbons (Fsp3) is 0.375. The van der Waals surface area contributed by atoms with Gasteiger partial charge in [0.1, 0.15) is 11.5 Å². The summed E-state index contributed by atoms with van der Waals surface area (Å²) in [6.45, 7) is 3.63. The number of amides is 2. The molecule has 0 aromatic heterocycles. The predicted molar refractivity (Wildman–Crippen MR) is 170 cm³/mol. The van der Waals surface area contributed by atoms with Gasteiger partial charge in [-0.15, -0.1) is 0 Å². The Bertz CT molecular complexity index is 1700. The molecule has 0 radical (unpaired) electrons. The van der Waals surface area contributed by atoms with Gasteiger partial charge in [0, 0.05) is 43.3 Å². The van der Waals surface area contributed by atoms with Gasteiger partial charge in [-0.1, -0.05) is 30.7 Å². The maximum atomic E-state index is 15.2. The summed E-state index contributed by atoms with van der Waals surface area (Å²) in [5, 5.41) is 3.59. The first kappa shape index (κ1) is 32.6. The quantitative estimate of drug-likeness (QED) is 0.335. The number of halogens is 1. The average molecular weight is 657 g/mol. The molecule has 0 aliphatic carbocycles. The number of carbonyl (C=O) groups excluding carboxylic acids is 2. The Morgan fingerprint density at radius 1 is 1.04 bits per heavy atom. The van der Waals surface area contributed by atoms with Gasteiger partial charge in [0.25, 0.3) is 15.9 Å². The van der Waals surface area contributed by atoms with Crippen LogP contribution in [0.5, 0.6) is 11.5 Å². The standard InChI is InChI=1S/C32H37ClN4O7S/c1-6-34-20-21-9-15-25(28(18-21)43-5)32(36-17-7-8-29(36)44-31(39)35(2)3)26-19-22(33)10-16-27(26)37(30(32)38)45(40,41)24-13-11-23(42-4)12-14-24/h9-16,18-19,29,34H,6-8,17,20H2,1-5H3/t29-,32?/m0/s1. The Hall–Kier alpha value is -3.84. The molecule has 2 atom stereocenters. The van der Waals surface area contributed by atoms with Gasteiger partial charge in [-0.25, -0.2) is 22.4 Å². The average Bonchev–Trinajstić information content (AvgIpc) is 3.59. The monoisotopic (exact) mass is 656 g/mol. The van der Waals surface area contributed by atoms with E-state index in [1.54, 1.807) is 37.2 Å². The highest BCUT2D eigenvalue weighted by atomic mass is 35.5. The molecular weight excluding hydrogens is 620 g/mol. The predicted octanol–water partition coefficient (Wildman–Crippen LogP) is 4.57. The molecule has 0 bridgehead atoms. The number of carbonyl (C=O) groups is 2. The van der Waals surface area contributed by atoms with Gasteiger partial charge in [-0.3, -0.25) is 4.79 Å². The molecule has 1 fully saturated rings. The topological polar surface area (TPSA) is 118 Å². The fourth-order valence-electron chi connectivity index (χ4n) is 6.01. The second kappa shape index (κ2) is 12.9. The van der Waals surface area contributed by atoms with Crippen molar-refractivity contribution < 1.29 is 32.2 Å². The second-order valence-electron chi connectivity index (χ2n) is 11.0. The minimum atomic E-state index is -4.45. The summed E-state index contributed by atoms with van der Waals surface area (Å²) in [7, 11) is 1.68. The van der Waals surface area contributed by atoms with Crippen LogP contribution >= 0.6 is 11.6 Å². The number of hydrogen-bond donors (Lipinski definition) is 1. The Morgan fingerprint density at radius 2 is 1.78 bits per heavy atom. The zero-order valence-corrected chi connectivity index (χ0v) is 27.4. The SMILES string of the molecule is CCNCc1ccc(C2(N3CCC[C@@H]3OC(=O)N(C)C)C(=O)N(S(=O)(=O)c3ccc(OC)cc3)c3ccc(Cl)cc32)c(OC)c1. The molecule has 45 heavy (non-hydrogen) atoms. The molecule has 2 heterocycles. The molecule has 0 spiro atoms. The molecule has 5 rings (SSSR count). The van der Waals surface area contributed by atoms with Crippen LogP contribution in [0.3, 0.4) is 0 Å². The van der Waals surface area contributed by atoms with Crippen LogP contribution in [0.2, 0.25) is 5.02 Å². The van der Waals surface area contributed by atoms with Gasteiger partial charge < -0.3 is 24.4 Å². The highest BCUT2D eigenvalue weighted by Gasteiger charge is 2.63. The van der Waals surface area contributed by atoms with Crippen LogP contribution in [0.15, 0.2) is 65.6 Å².